The van der Waals surface area contributed by atoms with Gasteiger partial charge in [-0.2, -0.15) is 0 Å². The van der Waals surface area contributed by atoms with E-state index >= 15 is 0 Å². The molecule has 7 heterocycles. The lowest BCUT2D eigenvalue weighted by Crippen LogP contribution is -2.70. The average molecular weight is 1160 g/mol. The first kappa shape index (κ1) is 56.4. The number of aliphatic imine (C=N–C) groups is 4. The van der Waals surface area contributed by atoms with Crippen molar-refractivity contribution in [3.05, 3.63) is 142 Å². The molecule has 0 spiro atoms. The van der Waals surface area contributed by atoms with Gasteiger partial charge in [-0.25, -0.2) is 30.0 Å². The van der Waals surface area contributed by atoms with Gasteiger partial charge in [0.25, 0.3) is 11.8 Å². The summed E-state index contributed by atoms with van der Waals surface area (Å²) in [4.78, 5) is 84.7. The first-order valence-electron chi connectivity index (χ1n) is 28.1. The number of fused-ring (bicyclic) bond motifs is 14. The minimum atomic E-state index is -4.54. The molecule has 23 heteroatoms. The maximum Gasteiger partial charge on any atom is 0.582 e. The summed E-state index contributed by atoms with van der Waals surface area (Å²) in [6.07, 6.45) is 6.07. The molecule has 5 aliphatic heterocycles. The van der Waals surface area contributed by atoms with Crippen molar-refractivity contribution in [3.8, 4) is 0 Å². The molecule has 11 rings (SSSR count). The highest BCUT2D eigenvalue weighted by Crippen LogP contribution is 2.45. The van der Waals surface area contributed by atoms with E-state index in [4.69, 9.17) is 52.4 Å². The summed E-state index contributed by atoms with van der Waals surface area (Å²) in [5, 5.41) is 9.46. The van der Waals surface area contributed by atoms with Crippen LogP contribution in [0.3, 0.4) is 0 Å². The maximum absolute atomic E-state index is 13.3. The first-order valence-corrected chi connectivity index (χ1v) is 36.1. The van der Waals surface area contributed by atoms with Crippen molar-refractivity contribution >= 4 is 106 Å². The van der Waals surface area contributed by atoms with Crippen molar-refractivity contribution in [1.82, 2.24) is 24.0 Å². The number of benzene rings is 4. The summed E-state index contributed by atoms with van der Waals surface area (Å²) in [7, 11) is -8.98. The zero-order chi connectivity index (χ0) is 57.0. The highest BCUT2D eigenvalue weighted by Gasteiger charge is 2.58. The van der Waals surface area contributed by atoms with Crippen LogP contribution < -0.4 is 21.6 Å². The number of unbranched alkanes of at least 4 members (excludes halogenated alkanes) is 2. The van der Waals surface area contributed by atoms with E-state index < -0.39 is 25.5 Å². The molecule has 4 amide bonds. The molecular weight excluding hydrogens is 1090 g/mol. The van der Waals surface area contributed by atoms with Gasteiger partial charge in [-0.1, -0.05) is 103 Å². The smallest absolute Gasteiger partial charge is 0.404 e. The minimum Gasteiger partial charge on any atom is -0.404 e. The number of carbonyl (C=O) groups excluding carboxylic acids is 4. The normalized spacial score (nSPS) is 18.9. The molecule has 0 fully saturated rings. The van der Waals surface area contributed by atoms with Crippen LogP contribution in [0.15, 0.2) is 139 Å². The highest BCUT2D eigenvalue weighted by molar-refractivity contribution is 6.88. The summed E-state index contributed by atoms with van der Waals surface area (Å²) in [6.45, 7) is 11.4. The summed E-state index contributed by atoms with van der Waals surface area (Å²) in [6, 6.07) is 33.6. The van der Waals surface area contributed by atoms with E-state index in [1.165, 1.54) is 17.1 Å². The van der Waals surface area contributed by atoms with Crippen molar-refractivity contribution in [2.45, 2.75) is 76.8 Å². The Balaban J connectivity index is 1.01. The Labute approximate surface area is 478 Å². The van der Waals surface area contributed by atoms with E-state index in [2.05, 4.69) is 69.6 Å². The zero-order valence-corrected chi connectivity index (χ0v) is 49.9. The van der Waals surface area contributed by atoms with E-state index in [0.717, 1.165) is 43.8 Å². The van der Waals surface area contributed by atoms with Gasteiger partial charge in [0.1, 0.15) is 29.2 Å². The lowest BCUT2D eigenvalue weighted by molar-refractivity contribution is -0.137. The molecule has 1 unspecified atom stereocenters. The number of carbonyl (C=O) groups is 4. The van der Waals surface area contributed by atoms with Crippen molar-refractivity contribution in [2.75, 3.05) is 59.8 Å². The van der Waals surface area contributed by atoms with Gasteiger partial charge >= 0.3 is 8.88 Å². The van der Waals surface area contributed by atoms with Crippen LogP contribution in [0.4, 0.5) is 11.6 Å². The van der Waals surface area contributed by atoms with Crippen molar-refractivity contribution in [1.29, 1.82) is 0 Å². The third-order valence-electron chi connectivity index (χ3n) is 14.9. The Morgan fingerprint density at radius 3 is 1.48 bits per heavy atom. The molecule has 0 saturated heterocycles. The van der Waals surface area contributed by atoms with E-state index in [9.17, 15) is 19.2 Å². The molecule has 2 N–H and O–H groups in total. The van der Waals surface area contributed by atoms with Gasteiger partial charge in [0.05, 0.1) is 26.4 Å². The fraction of sp³-hybridized carbons (Fsp3) is 0.356. The first-order chi connectivity index (χ1) is 39.7. The number of rotatable bonds is 26. The van der Waals surface area contributed by atoms with Crippen molar-refractivity contribution in [3.63, 3.8) is 0 Å². The second kappa shape index (κ2) is 24.1. The Morgan fingerprint density at radius 1 is 0.512 bits per heavy atom. The van der Waals surface area contributed by atoms with Crippen molar-refractivity contribution < 1.29 is 41.6 Å². The summed E-state index contributed by atoms with van der Waals surface area (Å²) < 4.78 is 37.1. The Bertz CT molecular complexity index is 3630. The minimum absolute atomic E-state index is 0.0636. The molecule has 0 saturated carbocycles. The number of hydrogen-bond acceptors (Lipinski definition) is 15. The number of methoxy groups -OCH3 is 1. The van der Waals surface area contributed by atoms with Crippen molar-refractivity contribution in [2.24, 2.45) is 30.0 Å². The molecule has 6 aromatic rings. The topological polar surface area (TPSA) is 226 Å². The van der Waals surface area contributed by atoms with Gasteiger partial charge in [-0.15, -0.1) is 0 Å². The van der Waals surface area contributed by atoms with Crippen LogP contribution in [0.2, 0.25) is 38.3 Å². The lowest BCUT2D eigenvalue weighted by atomic mass is 10.1. The zero-order valence-electron chi connectivity index (χ0n) is 46.9. The molecule has 4 aromatic carbocycles. The number of hydrogen-bond donors (Lipinski definition) is 2. The monoisotopic (exact) mass is 1160 g/mol. The largest absolute Gasteiger partial charge is 0.582 e. The third kappa shape index (κ3) is 11.6. The molecule has 1 atom stereocenters. The Kier molecular flexibility index (Phi) is 16.6. The third-order valence-corrected chi connectivity index (χ3v) is 26.6. The van der Waals surface area contributed by atoms with E-state index in [1.54, 1.807) is 7.11 Å². The van der Waals surface area contributed by atoms with Gasteiger partial charge in [0, 0.05) is 89.1 Å². The van der Waals surface area contributed by atoms with Gasteiger partial charge in [-0.3, -0.25) is 32.5 Å². The van der Waals surface area contributed by atoms with Gasteiger partial charge < -0.3 is 33.1 Å². The quantitative estimate of drug-likeness (QED) is 0.0324. The highest BCUT2D eigenvalue weighted by atomic mass is 28.5. The average Bonchev–Trinajstić information content (AvgIpc) is 2.19. The number of amidine groups is 4. The summed E-state index contributed by atoms with van der Waals surface area (Å²) >= 11 is 0. The SMILES string of the molecule is COCCOCCOCC(=O)NCCC[Si](C)(C)O[Si]1(O[Si](C)(C)CCCNC(=O)CCCCCN2C(=O)C=CC2=O)n2c3c4ccccc4c2/N=C2N=C(/N=c4/c5ccccc5/c(n41)=N/C1=NC(=N\3)/c3ccccc31)c1ccccc1\2. The fourth-order valence-electron chi connectivity index (χ4n) is 11.0. The summed E-state index contributed by atoms with van der Waals surface area (Å²) in [5.74, 6) is 2.19. The predicted molar refractivity (Wildman–Crippen MR) is 321 cm³/mol. The maximum atomic E-state index is 13.3. The number of amides is 4. The molecule has 2 aromatic heterocycles. The molecular formula is C59H67N11O9Si3. The Hall–Kier alpha value is -7.49. The molecule has 5 aliphatic rings. The number of imide groups is 1. The second-order valence-corrected chi connectivity index (χ2v) is 33.6. The molecule has 0 radical (unpaired) electrons. The van der Waals surface area contributed by atoms with Crippen LogP contribution in [-0.4, -0.2) is 146 Å². The molecule has 20 nitrogen and oxygen atoms in total. The number of nitrogens with one attached hydrogen (secondary N) is 2. The number of nitrogens with zero attached hydrogens (tertiary/aromatic N) is 9. The Morgan fingerprint density at radius 2 is 0.963 bits per heavy atom. The molecule has 6 bridgehead atoms. The standard InChI is InChI=1S/C59H67N11O9Si3/c1-75-33-34-76-35-36-77-39-49(72)61-31-18-38-81(4,5)79-82(78-80(2,3)37-17-30-60-48(71)27-7-6-16-32-68-50(73)28-29-51(68)74)69-56-44-23-12-13-24-45(44)58(69)66-54-42-21-10-11-22-43(42)55(63-54)67-59-47-26-15-14-25-46(47)57(70(59)82)65-53-41-20-9-8-19-40(41)52(62-53)64-56/h8-15,19-26,28-29H,6-7,16-18,27,30-39H2,1-5H3,(H,60,71)(H,61,72)/b64-52-,64-56?,65-53?,65-57-,66-54-,66-58?,67-55?,67-59-. The van der Waals surface area contributed by atoms with Gasteiger partial charge in [0.2, 0.25) is 11.8 Å². The van der Waals surface area contributed by atoms with Gasteiger partial charge in [-0.05, 0) is 64.0 Å². The van der Waals surface area contributed by atoms with Crippen LogP contribution in [-0.2, 0) is 41.6 Å². The van der Waals surface area contributed by atoms with Crippen LogP contribution in [0, 0.1) is 0 Å². The second-order valence-electron chi connectivity index (χ2n) is 21.9. The number of ether oxygens (including phenoxy) is 3. The number of aromatic nitrogens is 2. The fourth-order valence-corrected chi connectivity index (χ4v) is 23.6. The van der Waals surface area contributed by atoms with Crippen LogP contribution in [0.5, 0.6) is 0 Å². The molecule has 0 aliphatic carbocycles. The molecule has 82 heavy (non-hydrogen) atoms. The van der Waals surface area contributed by atoms with E-state index in [1.807, 2.05) is 72.8 Å². The lowest BCUT2D eigenvalue weighted by Gasteiger charge is -2.43. The van der Waals surface area contributed by atoms with E-state index in [-0.39, 0.29) is 36.8 Å². The predicted octanol–water partition coefficient (Wildman–Crippen LogP) is 6.99. The molecule has 424 valence electrons. The van der Waals surface area contributed by atoms with Crippen LogP contribution >= 0.6 is 0 Å². The summed E-state index contributed by atoms with van der Waals surface area (Å²) in [5.41, 5.74) is 4.44. The van der Waals surface area contributed by atoms with Crippen LogP contribution in [0.1, 0.15) is 60.8 Å². The van der Waals surface area contributed by atoms with E-state index in [0.29, 0.717) is 136 Å². The van der Waals surface area contributed by atoms with Crippen LogP contribution in [0.25, 0.3) is 21.5 Å². The van der Waals surface area contributed by atoms with Gasteiger partial charge in [0.15, 0.2) is 40.0 Å².